The Bertz CT molecular complexity index is 225. The molecule has 108 valence electrons. The van der Waals surface area contributed by atoms with E-state index in [0.717, 1.165) is 26.1 Å². The molecule has 3 nitrogen and oxygen atoms in total. The highest BCUT2D eigenvalue weighted by Gasteiger charge is 2.41. The molecule has 0 aliphatic heterocycles. The van der Waals surface area contributed by atoms with Gasteiger partial charge >= 0.3 is 0 Å². The predicted octanol–water partition coefficient (Wildman–Crippen LogP) is 2.55. The number of hydrogen-bond donors (Lipinski definition) is 2. The van der Waals surface area contributed by atoms with Gasteiger partial charge in [-0.1, -0.05) is 13.8 Å². The number of methoxy groups -OCH3 is 1. The Morgan fingerprint density at radius 3 is 2.56 bits per heavy atom. The summed E-state index contributed by atoms with van der Waals surface area (Å²) in [6.07, 6.45) is 7.62. The van der Waals surface area contributed by atoms with Crippen LogP contribution in [0.4, 0.5) is 0 Å². The van der Waals surface area contributed by atoms with Gasteiger partial charge in [0.25, 0.3) is 0 Å². The van der Waals surface area contributed by atoms with Crippen molar-refractivity contribution in [1.29, 1.82) is 0 Å². The van der Waals surface area contributed by atoms with Crippen LogP contribution in [0, 0.1) is 10.8 Å². The molecule has 0 aromatic rings. The summed E-state index contributed by atoms with van der Waals surface area (Å²) < 4.78 is 5.18. The summed E-state index contributed by atoms with van der Waals surface area (Å²) in [4.78, 5) is 0. The van der Waals surface area contributed by atoms with E-state index < -0.39 is 0 Å². The van der Waals surface area contributed by atoms with Crippen LogP contribution in [0.25, 0.3) is 0 Å². The molecule has 0 saturated heterocycles. The maximum Gasteiger partial charge on any atom is 0.0468 e. The van der Waals surface area contributed by atoms with Crippen LogP contribution in [0.2, 0.25) is 0 Å². The SMILES string of the molecule is COCCC1(CNCCCC(C)(C)CCN)CC1. The van der Waals surface area contributed by atoms with Gasteiger partial charge in [0.2, 0.25) is 0 Å². The molecule has 0 spiro atoms. The van der Waals surface area contributed by atoms with Gasteiger partial charge in [-0.25, -0.2) is 0 Å². The zero-order valence-corrected chi connectivity index (χ0v) is 12.6. The average Bonchev–Trinajstić information content (AvgIpc) is 3.06. The third-order valence-corrected chi connectivity index (χ3v) is 4.32. The van der Waals surface area contributed by atoms with Gasteiger partial charge in [0.1, 0.15) is 0 Å². The Balaban J connectivity index is 2.02. The van der Waals surface area contributed by atoms with Crippen molar-refractivity contribution in [3.8, 4) is 0 Å². The maximum atomic E-state index is 5.63. The monoisotopic (exact) mass is 256 g/mol. The van der Waals surface area contributed by atoms with Gasteiger partial charge < -0.3 is 15.8 Å². The molecule has 1 fully saturated rings. The minimum atomic E-state index is 0.406. The van der Waals surface area contributed by atoms with E-state index in [2.05, 4.69) is 19.2 Å². The van der Waals surface area contributed by atoms with Crippen molar-refractivity contribution < 1.29 is 4.74 Å². The third-order valence-electron chi connectivity index (χ3n) is 4.32. The molecule has 18 heavy (non-hydrogen) atoms. The first-order valence-corrected chi connectivity index (χ1v) is 7.43. The summed E-state index contributed by atoms with van der Waals surface area (Å²) in [6.45, 7) is 8.67. The van der Waals surface area contributed by atoms with Crippen molar-refractivity contribution in [2.45, 2.75) is 52.4 Å². The molecule has 0 aromatic heterocycles. The first-order valence-electron chi connectivity index (χ1n) is 7.43. The van der Waals surface area contributed by atoms with Gasteiger partial charge in [0.05, 0.1) is 0 Å². The van der Waals surface area contributed by atoms with Gasteiger partial charge in [-0.3, -0.25) is 0 Å². The summed E-state index contributed by atoms with van der Waals surface area (Å²) in [5.74, 6) is 0. The molecule has 1 rings (SSSR count). The maximum absolute atomic E-state index is 5.63. The topological polar surface area (TPSA) is 47.3 Å². The van der Waals surface area contributed by atoms with Crippen molar-refractivity contribution in [1.82, 2.24) is 5.32 Å². The smallest absolute Gasteiger partial charge is 0.0468 e. The molecule has 3 heteroatoms. The van der Waals surface area contributed by atoms with Crippen molar-refractivity contribution in [3.05, 3.63) is 0 Å². The predicted molar refractivity (Wildman–Crippen MR) is 77.7 cm³/mol. The Morgan fingerprint density at radius 1 is 1.28 bits per heavy atom. The van der Waals surface area contributed by atoms with Crippen molar-refractivity contribution in [2.24, 2.45) is 16.6 Å². The largest absolute Gasteiger partial charge is 0.385 e. The molecule has 1 aliphatic rings. The van der Waals surface area contributed by atoms with E-state index in [9.17, 15) is 0 Å². The number of hydrogen-bond acceptors (Lipinski definition) is 3. The fourth-order valence-corrected chi connectivity index (χ4v) is 2.57. The highest BCUT2D eigenvalue weighted by atomic mass is 16.5. The third kappa shape index (κ3) is 6.17. The van der Waals surface area contributed by atoms with Crippen LogP contribution in [0.3, 0.4) is 0 Å². The van der Waals surface area contributed by atoms with E-state index in [1.165, 1.54) is 38.6 Å². The molecule has 0 bridgehead atoms. The summed E-state index contributed by atoms with van der Waals surface area (Å²) >= 11 is 0. The standard InChI is InChI=1S/C15H32N2O/c1-14(2,8-10-16)5-4-11-17-13-15(6-7-15)9-12-18-3/h17H,4-13,16H2,1-3H3. The molecule has 1 saturated carbocycles. The van der Waals surface area contributed by atoms with E-state index in [-0.39, 0.29) is 0 Å². The van der Waals surface area contributed by atoms with E-state index in [1.54, 1.807) is 7.11 Å². The lowest BCUT2D eigenvalue weighted by Crippen LogP contribution is -2.27. The van der Waals surface area contributed by atoms with E-state index >= 15 is 0 Å². The molecule has 3 N–H and O–H groups in total. The van der Waals surface area contributed by atoms with Crippen molar-refractivity contribution in [3.63, 3.8) is 0 Å². The average molecular weight is 256 g/mol. The Morgan fingerprint density at radius 2 is 2.00 bits per heavy atom. The Hall–Kier alpha value is -0.120. The number of ether oxygens (including phenoxy) is 1. The molecule has 0 radical (unpaired) electrons. The molecule has 0 unspecified atom stereocenters. The minimum absolute atomic E-state index is 0.406. The molecule has 0 amide bonds. The number of rotatable bonds is 11. The van der Waals surface area contributed by atoms with Crippen molar-refractivity contribution in [2.75, 3.05) is 33.4 Å². The minimum Gasteiger partial charge on any atom is -0.385 e. The van der Waals surface area contributed by atoms with Crippen LogP contribution >= 0.6 is 0 Å². The first-order chi connectivity index (χ1) is 8.54. The Kier molecular flexibility index (Phi) is 6.61. The Labute approximate surface area is 113 Å². The highest BCUT2D eigenvalue weighted by Crippen LogP contribution is 2.48. The molecule has 0 heterocycles. The van der Waals surface area contributed by atoms with Crippen LogP contribution in [0.5, 0.6) is 0 Å². The molecule has 0 atom stereocenters. The van der Waals surface area contributed by atoms with Gasteiger partial charge in [-0.2, -0.15) is 0 Å². The number of nitrogens with two attached hydrogens (primary N) is 1. The normalized spacial score (nSPS) is 18.0. The fourth-order valence-electron chi connectivity index (χ4n) is 2.57. The van der Waals surface area contributed by atoms with Crippen LogP contribution < -0.4 is 11.1 Å². The summed E-state index contributed by atoms with van der Waals surface area (Å²) in [7, 11) is 1.79. The lowest BCUT2D eigenvalue weighted by Gasteiger charge is -2.24. The summed E-state index contributed by atoms with van der Waals surface area (Å²) in [5, 5.41) is 3.62. The molecule has 1 aliphatic carbocycles. The van der Waals surface area contributed by atoms with E-state index in [4.69, 9.17) is 10.5 Å². The summed E-state index contributed by atoms with van der Waals surface area (Å²) in [5.41, 5.74) is 6.61. The van der Waals surface area contributed by atoms with Gasteiger partial charge in [0.15, 0.2) is 0 Å². The second kappa shape index (κ2) is 7.46. The van der Waals surface area contributed by atoms with Crippen molar-refractivity contribution >= 4 is 0 Å². The lowest BCUT2D eigenvalue weighted by molar-refractivity contribution is 0.171. The van der Waals surface area contributed by atoms with E-state index in [0.29, 0.717) is 10.8 Å². The fraction of sp³-hybridized carbons (Fsp3) is 1.00. The second-order valence-electron chi connectivity index (χ2n) is 6.73. The van der Waals surface area contributed by atoms with Crippen LogP contribution in [-0.4, -0.2) is 33.4 Å². The van der Waals surface area contributed by atoms with Gasteiger partial charge in [-0.15, -0.1) is 0 Å². The molecule has 0 aromatic carbocycles. The quantitative estimate of drug-likeness (QED) is 0.559. The molecular weight excluding hydrogens is 224 g/mol. The zero-order chi connectivity index (χ0) is 13.5. The second-order valence-corrected chi connectivity index (χ2v) is 6.73. The van der Waals surface area contributed by atoms with Crippen LogP contribution in [0.15, 0.2) is 0 Å². The highest BCUT2D eigenvalue weighted by molar-refractivity contribution is 4.94. The number of nitrogens with one attached hydrogen (secondary N) is 1. The van der Waals surface area contributed by atoms with Crippen LogP contribution in [0.1, 0.15) is 52.4 Å². The van der Waals surface area contributed by atoms with E-state index in [1.807, 2.05) is 0 Å². The molecular formula is C15H32N2O. The van der Waals surface area contributed by atoms with Gasteiger partial charge in [0, 0.05) is 20.3 Å². The first kappa shape index (κ1) is 15.9. The zero-order valence-electron chi connectivity index (χ0n) is 12.6. The van der Waals surface area contributed by atoms with Crippen LogP contribution in [-0.2, 0) is 4.74 Å². The van der Waals surface area contributed by atoms with Gasteiger partial charge in [-0.05, 0) is 62.4 Å². The lowest BCUT2D eigenvalue weighted by atomic mass is 9.84. The summed E-state index contributed by atoms with van der Waals surface area (Å²) in [6, 6.07) is 0.